The summed E-state index contributed by atoms with van der Waals surface area (Å²) in [5.74, 6) is -0.0625. The van der Waals surface area contributed by atoms with Gasteiger partial charge in [-0.15, -0.1) is 6.07 Å². The zero-order valence-electron chi connectivity index (χ0n) is 10.6. The Balaban J connectivity index is 0.000000360. The van der Waals surface area contributed by atoms with Crippen LogP contribution >= 0.6 is 0 Å². The first-order valence-electron chi connectivity index (χ1n) is 5.31. The van der Waals surface area contributed by atoms with Gasteiger partial charge in [-0.1, -0.05) is 0 Å². The first kappa shape index (κ1) is 17.2. The topological polar surface area (TPSA) is 68.0 Å². The summed E-state index contributed by atoms with van der Waals surface area (Å²) >= 11 is 0. The van der Waals surface area contributed by atoms with Gasteiger partial charge >= 0.3 is 0 Å². The van der Waals surface area contributed by atoms with E-state index in [1.54, 1.807) is 12.4 Å². The number of rotatable bonds is 2. The molecule has 1 heterocycles. The number of nitrogens with zero attached hydrogens (tertiary/aromatic N) is 3. The number of carbonyl (C=O) groups is 1. The van der Waals surface area contributed by atoms with E-state index < -0.39 is 0 Å². The first-order valence-corrected chi connectivity index (χ1v) is 5.31. The number of allylic oxidation sites excluding steroid dienone is 2. The average Bonchev–Trinajstić information content (AvgIpc) is 2.82. The van der Waals surface area contributed by atoms with Crippen molar-refractivity contribution in [3.05, 3.63) is 54.6 Å². The summed E-state index contributed by atoms with van der Waals surface area (Å²) in [5, 5.41) is 16.3. The van der Waals surface area contributed by atoms with Crippen LogP contribution in [0.3, 0.4) is 0 Å². The van der Waals surface area contributed by atoms with Crippen molar-refractivity contribution >= 4 is 5.78 Å². The Hall–Kier alpha value is -1.77. The Morgan fingerprint density at radius 3 is 2.32 bits per heavy atom. The predicted octanol–water partition coefficient (Wildman–Crippen LogP) is 2.10. The molecule has 0 fully saturated rings. The number of carbonyl (C=O) groups excluding carboxylic acids is 1. The Kier molecular flexibility index (Phi) is 8.34. The van der Waals surface area contributed by atoms with Gasteiger partial charge < -0.3 is 5.11 Å². The summed E-state index contributed by atoms with van der Waals surface area (Å²) in [6, 6.07) is 10.6. The third-order valence-corrected chi connectivity index (χ3v) is 1.74. The van der Waals surface area contributed by atoms with E-state index in [0.29, 0.717) is 0 Å². The van der Waals surface area contributed by atoms with Crippen LogP contribution in [0.2, 0.25) is 0 Å². The van der Waals surface area contributed by atoms with Gasteiger partial charge in [0.25, 0.3) is 0 Å². The molecule has 0 unspecified atom stereocenters. The fraction of sp³-hybridized carbons (Fsp3) is 0.154. The van der Waals surface area contributed by atoms with Crippen molar-refractivity contribution in [3.8, 4) is 5.69 Å². The molecule has 5 nitrogen and oxygen atoms in total. The second-order valence-electron chi connectivity index (χ2n) is 3.46. The van der Waals surface area contributed by atoms with E-state index in [1.807, 2.05) is 24.3 Å². The van der Waals surface area contributed by atoms with Crippen LogP contribution in [0, 0.1) is 6.07 Å². The average molecular weight is 351 g/mol. The fourth-order valence-corrected chi connectivity index (χ4v) is 1.14. The third-order valence-electron chi connectivity index (χ3n) is 1.74. The van der Waals surface area contributed by atoms with Crippen molar-refractivity contribution in [2.75, 3.05) is 0 Å². The number of hydrogen-bond acceptors (Lipinski definition) is 4. The molecule has 0 saturated carbocycles. The van der Waals surface area contributed by atoms with Gasteiger partial charge in [-0.2, -0.15) is 39.3 Å². The minimum absolute atomic E-state index is 0. The molecule has 19 heavy (non-hydrogen) atoms. The second-order valence-corrected chi connectivity index (χ2v) is 3.46. The van der Waals surface area contributed by atoms with Gasteiger partial charge in [0.15, 0.2) is 5.78 Å². The zero-order valence-corrected chi connectivity index (χ0v) is 12.1. The minimum Gasteiger partial charge on any atom is -0.512 e. The van der Waals surface area contributed by atoms with Gasteiger partial charge in [0.05, 0.1) is 18.2 Å². The van der Waals surface area contributed by atoms with Crippen LogP contribution < -0.4 is 0 Å². The molecule has 6 heteroatoms. The minimum atomic E-state index is -0.125. The molecule has 104 valence electrons. The first-order chi connectivity index (χ1) is 8.59. The Bertz CT molecular complexity index is 506. The molecule has 0 amide bonds. The van der Waals surface area contributed by atoms with Crippen LogP contribution in [0.1, 0.15) is 13.8 Å². The van der Waals surface area contributed by atoms with Crippen molar-refractivity contribution < 1.29 is 30.3 Å². The molecule has 0 spiro atoms. The van der Waals surface area contributed by atoms with Crippen LogP contribution in [-0.2, 0) is 25.2 Å². The summed E-state index contributed by atoms with van der Waals surface area (Å²) in [5.41, 5.74) is 0.859. The van der Waals surface area contributed by atoms with Crippen molar-refractivity contribution in [1.82, 2.24) is 15.0 Å². The molecule has 0 atom stereocenters. The second kappa shape index (κ2) is 9.20. The Labute approximate surface area is 125 Å². The molecular formula is C13H14N3O2Pd-. The quantitative estimate of drug-likeness (QED) is 0.390. The largest absolute Gasteiger partial charge is 0.512 e. The monoisotopic (exact) mass is 350 g/mol. The molecule has 2 aromatic rings. The van der Waals surface area contributed by atoms with E-state index in [-0.39, 0.29) is 32.0 Å². The summed E-state index contributed by atoms with van der Waals surface area (Å²) in [6.45, 7) is 2.85. The van der Waals surface area contributed by atoms with E-state index in [2.05, 4.69) is 16.3 Å². The predicted molar refractivity (Wildman–Crippen MR) is 67.3 cm³/mol. The van der Waals surface area contributed by atoms with Crippen LogP contribution in [0.25, 0.3) is 5.69 Å². The summed E-state index contributed by atoms with van der Waals surface area (Å²) < 4.78 is 0. The summed E-state index contributed by atoms with van der Waals surface area (Å²) in [7, 11) is 0. The molecule has 1 aromatic carbocycles. The molecular weight excluding hydrogens is 337 g/mol. The molecule has 0 aliphatic heterocycles. The third kappa shape index (κ3) is 7.29. The van der Waals surface area contributed by atoms with Crippen LogP contribution in [0.5, 0.6) is 0 Å². The molecule has 1 aromatic heterocycles. The number of para-hydroxylation sites is 1. The van der Waals surface area contributed by atoms with Gasteiger partial charge in [-0.05, 0) is 19.5 Å². The van der Waals surface area contributed by atoms with E-state index in [0.717, 1.165) is 5.69 Å². The number of ketones is 1. The Morgan fingerprint density at radius 1 is 1.32 bits per heavy atom. The van der Waals surface area contributed by atoms with Crippen LogP contribution in [0.15, 0.2) is 48.5 Å². The molecule has 1 N–H and O–H groups in total. The van der Waals surface area contributed by atoms with Crippen LogP contribution in [-0.4, -0.2) is 25.9 Å². The zero-order chi connectivity index (χ0) is 13.4. The van der Waals surface area contributed by atoms with Gasteiger partial charge in [0.1, 0.15) is 0 Å². The maximum Gasteiger partial charge on any atom is 0.155 e. The normalized spacial score (nSPS) is 9.89. The summed E-state index contributed by atoms with van der Waals surface area (Å²) in [6.07, 6.45) is 4.45. The molecule has 0 aliphatic carbocycles. The number of hydrogen-bond donors (Lipinski definition) is 1. The number of aliphatic hydroxyl groups excluding tert-OH is 1. The molecule has 0 bridgehead atoms. The molecule has 0 saturated heterocycles. The summed E-state index contributed by atoms with van der Waals surface area (Å²) in [4.78, 5) is 11.5. The Morgan fingerprint density at radius 2 is 1.95 bits per heavy atom. The number of aliphatic hydroxyl groups is 1. The van der Waals surface area contributed by atoms with Crippen molar-refractivity contribution in [1.29, 1.82) is 0 Å². The van der Waals surface area contributed by atoms with Crippen molar-refractivity contribution in [2.45, 2.75) is 13.8 Å². The van der Waals surface area contributed by atoms with Gasteiger partial charge in [0, 0.05) is 26.5 Å². The van der Waals surface area contributed by atoms with E-state index in [9.17, 15) is 4.79 Å². The number of aromatic nitrogens is 3. The van der Waals surface area contributed by atoms with E-state index >= 15 is 0 Å². The maximum atomic E-state index is 10.0. The molecule has 2 rings (SSSR count). The van der Waals surface area contributed by atoms with Gasteiger partial charge in [0.2, 0.25) is 0 Å². The smallest absolute Gasteiger partial charge is 0.155 e. The molecule has 0 radical (unpaired) electrons. The van der Waals surface area contributed by atoms with Gasteiger partial charge in [-0.3, -0.25) is 4.79 Å². The molecule has 0 aliphatic rings. The van der Waals surface area contributed by atoms with E-state index in [1.165, 1.54) is 24.7 Å². The SMILES string of the molecule is CC(=O)/C=C(/C)O.[Pd].[c-]1ccccc1-n1nccn1. The van der Waals surface area contributed by atoms with Crippen molar-refractivity contribution in [3.63, 3.8) is 0 Å². The maximum absolute atomic E-state index is 10.0. The standard InChI is InChI=1S/C8H6N3.C5H8O2.Pd/c1-2-4-8(5-3-1)11-9-6-7-10-11;1-4(6)3-5(2)7;/h1-4,6-7H;3,6H,1-2H3;/q-1;;/b;4-3-;. The van der Waals surface area contributed by atoms with Gasteiger partial charge in [-0.25, -0.2) is 0 Å². The van der Waals surface area contributed by atoms with E-state index in [4.69, 9.17) is 5.11 Å². The fourth-order valence-electron chi connectivity index (χ4n) is 1.14. The number of benzene rings is 1. The van der Waals surface area contributed by atoms with Crippen molar-refractivity contribution in [2.24, 2.45) is 0 Å². The van der Waals surface area contributed by atoms with Crippen LogP contribution in [0.4, 0.5) is 0 Å².